The molecule has 92 valence electrons. The van der Waals surface area contributed by atoms with Gasteiger partial charge in [0, 0.05) is 5.56 Å². The Labute approximate surface area is 98.3 Å². The van der Waals surface area contributed by atoms with Gasteiger partial charge < -0.3 is 5.11 Å². The Kier molecular flexibility index (Phi) is 3.41. The first kappa shape index (κ1) is 12.0. The van der Waals surface area contributed by atoms with E-state index < -0.39 is 23.5 Å². The van der Waals surface area contributed by atoms with Gasteiger partial charge >= 0.3 is 5.97 Å². The zero-order valence-corrected chi connectivity index (χ0v) is 9.33. The molecule has 0 aromatic heterocycles. The zero-order valence-electron chi connectivity index (χ0n) is 9.33. The molecule has 2 rings (SSSR count). The third-order valence-corrected chi connectivity index (χ3v) is 3.43. The molecule has 0 amide bonds. The van der Waals surface area contributed by atoms with Crippen molar-refractivity contribution < 1.29 is 18.7 Å². The van der Waals surface area contributed by atoms with Crippen molar-refractivity contribution in [3.05, 3.63) is 35.4 Å². The van der Waals surface area contributed by atoms with Crippen molar-refractivity contribution >= 4 is 5.97 Å². The number of rotatable bonds is 3. The van der Waals surface area contributed by atoms with E-state index in [-0.39, 0.29) is 11.5 Å². The van der Waals surface area contributed by atoms with E-state index in [1.165, 1.54) is 0 Å². The lowest BCUT2D eigenvalue weighted by Gasteiger charge is -2.20. The van der Waals surface area contributed by atoms with Gasteiger partial charge in [-0.25, -0.2) is 8.78 Å². The van der Waals surface area contributed by atoms with Crippen molar-refractivity contribution in [2.24, 2.45) is 5.92 Å². The van der Waals surface area contributed by atoms with Crippen LogP contribution in [-0.4, -0.2) is 11.1 Å². The predicted molar refractivity (Wildman–Crippen MR) is 58.7 cm³/mol. The van der Waals surface area contributed by atoms with Crippen LogP contribution in [0.15, 0.2) is 18.2 Å². The SMILES string of the molecule is O=C(O)C(c1cc(F)ccc1F)C1CCCC1. The summed E-state index contributed by atoms with van der Waals surface area (Å²) in [5.41, 5.74) is -0.0237. The summed E-state index contributed by atoms with van der Waals surface area (Å²) < 4.78 is 26.7. The number of hydrogen-bond acceptors (Lipinski definition) is 1. The van der Waals surface area contributed by atoms with Crippen LogP contribution in [0, 0.1) is 17.6 Å². The van der Waals surface area contributed by atoms with E-state index >= 15 is 0 Å². The fraction of sp³-hybridized carbons (Fsp3) is 0.462. The lowest BCUT2D eigenvalue weighted by molar-refractivity contribution is -0.140. The van der Waals surface area contributed by atoms with Crippen molar-refractivity contribution in [2.75, 3.05) is 0 Å². The van der Waals surface area contributed by atoms with Gasteiger partial charge in [0.2, 0.25) is 0 Å². The summed E-state index contributed by atoms with van der Waals surface area (Å²) in [7, 11) is 0. The van der Waals surface area contributed by atoms with Gasteiger partial charge in [-0.2, -0.15) is 0 Å². The van der Waals surface area contributed by atoms with Gasteiger partial charge in [-0.1, -0.05) is 12.8 Å². The first-order valence-electron chi connectivity index (χ1n) is 5.77. The smallest absolute Gasteiger partial charge is 0.311 e. The van der Waals surface area contributed by atoms with Crippen molar-refractivity contribution in [3.63, 3.8) is 0 Å². The Morgan fingerprint density at radius 2 is 1.94 bits per heavy atom. The molecule has 17 heavy (non-hydrogen) atoms. The molecule has 0 aliphatic heterocycles. The first-order chi connectivity index (χ1) is 8.09. The van der Waals surface area contributed by atoms with E-state index in [0.717, 1.165) is 43.9 Å². The van der Waals surface area contributed by atoms with Crippen molar-refractivity contribution in [2.45, 2.75) is 31.6 Å². The van der Waals surface area contributed by atoms with E-state index in [9.17, 15) is 18.7 Å². The molecule has 4 heteroatoms. The second kappa shape index (κ2) is 4.82. The highest BCUT2D eigenvalue weighted by molar-refractivity contribution is 5.76. The second-order valence-electron chi connectivity index (χ2n) is 4.53. The Morgan fingerprint density at radius 1 is 1.29 bits per heavy atom. The largest absolute Gasteiger partial charge is 0.481 e. The molecule has 0 spiro atoms. The van der Waals surface area contributed by atoms with Crippen LogP contribution in [0.25, 0.3) is 0 Å². The van der Waals surface area contributed by atoms with Crippen molar-refractivity contribution in [1.29, 1.82) is 0 Å². The third-order valence-electron chi connectivity index (χ3n) is 3.43. The van der Waals surface area contributed by atoms with E-state index in [0.29, 0.717) is 0 Å². The first-order valence-corrected chi connectivity index (χ1v) is 5.77. The molecule has 1 aliphatic rings. The minimum Gasteiger partial charge on any atom is -0.481 e. The summed E-state index contributed by atoms with van der Waals surface area (Å²) >= 11 is 0. The van der Waals surface area contributed by atoms with Crippen LogP contribution < -0.4 is 0 Å². The fourth-order valence-corrected chi connectivity index (χ4v) is 2.63. The van der Waals surface area contributed by atoms with Gasteiger partial charge in [0.25, 0.3) is 0 Å². The highest BCUT2D eigenvalue weighted by atomic mass is 19.1. The highest BCUT2D eigenvalue weighted by Gasteiger charge is 2.33. The van der Waals surface area contributed by atoms with Crippen LogP contribution in [0.2, 0.25) is 0 Å². The van der Waals surface area contributed by atoms with Crippen LogP contribution in [0.5, 0.6) is 0 Å². The fourth-order valence-electron chi connectivity index (χ4n) is 2.63. The minimum absolute atomic E-state index is 0.0237. The Bertz CT molecular complexity index is 425. The normalized spacial score (nSPS) is 18.2. The molecular formula is C13H14F2O2. The number of hydrogen-bond donors (Lipinski definition) is 1. The number of carbonyl (C=O) groups is 1. The maximum atomic E-state index is 13.6. The maximum absolute atomic E-state index is 13.6. The van der Waals surface area contributed by atoms with Crippen LogP contribution in [0.1, 0.15) is 37.2 Å². The molecule has 1 aromatic rings. The van der Waals surface area contributed by atoms with Gasteiger partial charge in [-0.3, -0.25) is 4.79 Å². The standard InChI is InChI=1S/C13H14F2O2/c14-9-5-6-11(15)10(7-9)12(13(16)17)8-3-1-2-4-8/h5-8,12H,1-4H2,(H,16,17). The average molecular weight is 240 g/mol. The van der Waals surface area contributed by atoms with E-state index in [2.05, 4.69) is 0 Å². The molecule has 1 unspecified atom stereocenters. The summed E-state index contributed by atoms with van der Waals surface area (Å²) in [4.78, 5) is 11.3. The summed E-state index contributed by atoms with van der Waals surface area (Å²) in [5, 5.41) is 9.21. The molecule has 0 saturated heterocycles. The molecule has 1 fully saturated rings. The Hall–Kier alpha value is -1.45. The minimum atomic E-state index is -1.07. The van der Waals surface area contributed by atoms with E-state index in [1.807, 2.05) is 0 Å². The van der Waals surface area contributed by atoms with Crippen molar-refractivity contribution in [1.82, 2.24) is 0 Å². The number of benzene rings is 1. The topological polar surface area (TPSA) is 37.3 Å². The van der Waals surface area contributed by atoms with Crippen molar-refractivity contribution in [3.8, 4) is 0 Å². The molecular weight excluding hydrogens is 226 g/mol. The maximum Gasteiger partial charge on any atom is 0.311 e. The van der Waals surface area contributed by atoms with Crippen LogP contribution >= 0.6 is 0 Å². The van der Waals surface area contributed by atoms with E-state index in [1.54, 1.807) is 0 Å². The predicted octanol–water partition coefficient (Wildman–Crippen LogP) is 3.32. The van der Waals surface area contributed by atoms with Gasteiger partial charge in [-0.05, 0) is 37.0 Å². The number of carboxylic acids is 1. The average Bonchev–Trinajstić information content (AvgIpc) is 2.76. The van der Waals surface area contributed by atoms with Gasteiger partial charge in [0.1, 0.15) is 11.6 Å². The molecule has 0 radical (unpaired) electrons. The molecule has 2 nitrogen and oxygen atoms in total. The van der Waals surface area contributed by atoms with Gasteiger partial charge in [0.15, 0.2) is 0 Å². The Balaban J connectivity index is 2.37. The third kappa shape index (κ3) is 2.46. The number of aliphatic carboxylic acids is 1. The van der Waals surface area contributed by atoms with Gasteiger partial charge in [0.05, 0.1) is 5.92 Å². The molecule has 1 N–H and O–H groups in total. The van der Waals surface area contributed by atoms with Crippen LogP contribution in [-0.2, 0) is 4.79 Å². The van der Waals surface area contributed by atoms with Crippen LogP contribution in [0.3, 0.4) is 0 Å². The lowest BCUT2D eigenvalue weighted by atomic mass is 9.84. The van der Waals surface area contributed by atoms with E-state index in [4.69, 9.17) is 0 Å². The van der Waals surface area contributed by atoms with Gasteiger partial charge in [-0.15, -0.1) is 0 Å². The number of halogens is 2. The second-order valence-corrected chi connectivity index (χ2v) is 4.53. The number of carboxylic acid groups (broad SMARTS) is 1. The van der Waals surface area contributed by atoms with Crippen LogP contribution in [0.4, 0.5) is 8.78 Å². The molecule has 1 saturated carbocycles. The molecule has 0 bridgehead atoms. The molecule has 1 atom stereocenters. The summed E-state index contributed by atoms with van der Waals surface area (Å²) in [6.07, 6.45) is 3.47. The highest BCUT2D eigenvalue weighted by Crippen LogP contribution is 2.38. The Morgan fingerprint density at radius 3 is 2.53 bits per heavy atom. The summed E-state index contributed by atoms with van der Waals surface area (Å²) in [5.74, 6) is -3.30. The molecule has 0 heterocycles. The zero-order chi connectivity index (χ0) is 12.4. The summed E-state index contributed by atoms with van der Waals surface area (Å²) in [6, 6.07) is 3.01. The summed E-state index contributed by atoms with van der Waals surface area (Å²) in [6.45, 7) is 0. The molecule has 1 aliphatic carbocycles. The lowest BCUT2D eigenvalue weighted by Crippen LogP contribution is -2.21. The quantitative estimate of drug-likeness (QED) is 0.879. The molecule has 1 aromatic carbocycles. The monoisotopic (exact) mass is 240 g/mol.